The number of ether oxygens (including phenoxy) is 1. The number of rotatable bonds is 7. The molecule has 0 fully saturated rings. The highest BCUT2D eigenvalue weighted by molar-refractivity contribution is 5.86. The van der Waals surface area contributed by atoms with Crippen molar-refractivity contribution >= 4 is 11.9 Å². The molecule has 0 aromatic heterocycles. The first kappa shape index (κ1) is 19.1. The van der Waals surface area contributed by atoms with Gasteiger partial charge in [0.25, 0.3) is 0 Å². The Labute approximate surface area is 113 Å². The first-order valence-corrected chi connectivity index (χ1v) is 5.80. The van der Waals surface area contributed by atoms with E-state index in [-0.39, 0.29) is 19.4 Å². The molecule has 104 valence electrons. The first-order valence-electron chi connectivity index (χ1n) is 5.80. The lowest BCUT2D eigenvalue weighted by Gasteiger charge is -1.98. The van der Waals surface area contributed by atoms with Crippen LogP contribution in [0.4, 0.5) is 0 Å². The second-order valence-electron chi connectivity index (χ2n) is 3.63. The summed E-state index contributed by atoms with van der Waals surface area (Å²) in [5.41, 5.74) is 0.359. The van der Waals surface area contributed by atoms with Crippen molar-refractivity contribution in [2.24, 2.45) is 0 Å². The molecule has 0 spiro atoms. The summed E-state index contributed by atoms with van der Waals surface area (Å²) in [5.74, 6) is 1.27. The normalized spacial score (nSPS) is 8.16. The largest absolute Gasteiger partial charge is 0.481 e. The molecule has 19 heavy (non-hydrogen) atoms. The van der Waals surface area contributed by atoms with Crippen LogP contribution >= 0.6 is 0 Å². The van der Waals surface area contributed by atoms with E-state index < -0.39 is 11.9 Å². The zero-order chi connectivity index (χ0) is 15.1. The van der Waals surface area contributed by atoms with Crippen molar-refractivity contribution in [2.75, 3.05) is 6.61 Å². The van der Waals surface area contributed by atoms with Crippen molar-refractivity contribution in [3.05, 3.63) is 12.2 Å². The van der Waals surface area contributed by atoms with Gasteiger partial charge in [-0.1, -0.05) is 6.58 Å². The minimum absolute atomic E-state index is 0.155. The number of esters is 1. The topological polar surface area (TPSA) is 87.4 Å². The van der Waals surface area contributed by atoms with Crippen molar-refractivity contribution < 1.29 is 19.4 Å². The smallest absolute Gasteiger partial charge is 0.333 e. The fraction of sp³-hybridized carbons (Fsp3) is 0.500. The fourth-order valence-electron chi connectivity index (χ4n) is 0.816. The summed E-state index contributed by atoms with van der Waals surface area (Å²) in [4.78, 5) is 20.5. The van der Waals surface area contributed by atoms with Crippen molar-refractivity contribution in [3.63, 3.8) is 0 Å². The fourth-order valence-corrected chi connectivity index (χ4v) is 0.816. The van der Waals surface area contributed by atoms with E-state index in [0.29, 0.717) is 18.4 Å². The number of carbonyl (C=O) groups is 2. The number of nitrogens with zero attached hydrogens (tertiary/aromatic N) is 1. The quantitative estimate of drug-likeness (QED) is 0.330. The monoisotopic (exact) mass is 265 g/mol. The Morgan fingerprint density at radius 2 is 2.00 bits per heavy atom. The molecule has 0 aliphatic rings. The average molecular weight is 265 g/mol. The Morgan fingerprint density at radius 1 is 1.37 bits per heavy atom. The molecule has 0 bridgehead atoms. The molecule has 0 aromatic rings. The van der Waals surface area contributed by atoms with Gasteiger partial charge in [-0.3, -0.25) is 4.79 Å². The average Bonchev–Trinajstić information content (AvgIpc) is 2.35. The van der Waals surface area contributed by atoms with E-state index in [2.05, 4.69) is 17.2 Å². The maximum Gasteiger partial charge on any atom is 0.333 e. The number of carbonyl (C=O) groups excluding carboxylic acids is 1. The molecule has 5 heteroatoms. The van der Waals surface area contributed by atoms with Crippen LogP contribution in [0, 0.1) is 23.7 Å². The summed E-state index contributed by atoms with van der Waals surface area (Å²) >= 11 is 0. The van der Waals surface area contributed by atoms with Gasteiger partial charge < -0.3 is 9.84 Å². The molecule has 0 aliphatic carbocycles. The molecule has 5 nitrogen and oxygen atoms in total. The van der Waals surface area contributed by atoms with Gasteiger partial charge >= 0.3 is 11.9 Å². The molecule has 0 unspecified atom stereocenters. The third-order valence-corrected chi connectivity index (χ3v) is 1.76. The summed E-state index contributed by atoms with van der Waals surface area (Å²) in [7, 11) is 0. The summed E-state index contributed by atoms with van der Waals surface area (Å²) in [6.07, 6.45) is 7.62. The Bertz CT molecular complexity index is 374. The lowest BCUT2D eigenvalue weighted by Crippen LogP contribution is -2.05. The highest BCUT2D eigenvalue weighted by Crippen LogP contribution is 1.97. The predicted octanol–water partition coefficient (Wildman–Crippen LogP) is 2.28. The molecule has 0 radical (unpaired) electrons. The Balaban J connectivity index is 0. The number of unbranched alkanes of at least 4 members (excludes halogenated alkanes) is 2. The van der Waals surface area contributed by atoms with E-state index in [0.717, 1.165) is 6.42 Å². The predicted molar refractivity (Wildman–Crippen MR) is 70.9 cm³/mol. The highest BCUT2D eigenvalue weighted by atomic mass is 16.5. The number of hydrogen-bond donors (Lipinski definition) is 1. The van der Waals surface area contributed by atoms with Crippen molar-refractivity contribution in [3.8, 4) is 18.4 Å². The van der Waals surface area contributed by atoms with Crippen molar-refractivity contribution in [2.45, 2.75) is 39.0 Å². The highest BCUT2D eigenvalue weighted by Gasteiger charge is 2.00. The molecule has 0 saturated carbocycles. The van der Waals surface area contributed by atoms with E-state index in [1.807, 2.05) is 6.07 Å². The minimum atomic E-state index is -0.743. The Kier molecular flexibility index (Phi) is 13.9. The molecular formula is C14H19NO4. The van der Waals surface area contributed by atoms with Crippen LogP contribution in [0.2, 0.25) is 0 Å². The zero-order valence-corrected chi connectivity index (χ0v) is 11.1. The third-order valence-electron chi connectivity index (χ3n) is 1.76. The number of terminal acetylenes is 1. The molecule has 1 N–H and O–H groups in total. The lowest BCUT2D eigenvalue weighted by molar-refractivity contribution is -0.139. The molecule has 0 aliphatic heterocycles. The van der Waals surface area contributed by atoms with Crippen LogP contribution < -0.4 is 0 Å². The van der Waals surface area contributed by atoms with Gasteiger partial charge in [0, 0.05) is 18.4 Å². The maximum absolute atomic E-state index is 10.6. The van der Waals surface area contributed by atoms with Crippen LogP contribution in [-0.2, 0) is 14.3 Å². The first-order chi connectivity index (χ1) is 8.95. The van der Waals surface area contributed by atoms with Gasteiger partial charge in [0.15, 0.2) is 0 Å². The van der Waals surface area contributed by atoms with Gasteiger partial charge in [0.05, 0.1) is 12.5 Å². The van der Waals surface area contributed by atoms with Gasteiger partial charge in [-0.15, -0.1) is 12.3 Å². The number of carboxylic acid groups (broad SMARTS) is 1. The van der Waals surface area contributed by atoms with Gasteiger partial charge in [-0.25, -0.2) is 4.79 Å². The van der Waals surface area contributed by atoms with Crippen molar-refractivity contribution in [1.29, 1.82) is 5.26 Å². The zero-order valence-electron chi connectivity index (χ0n) is 11.1. The van der Waals surface area contributed by atoms with E-state index in [4.69, 9.17) is 16.8 Å². The van der Waals surface area contributed by atoms with E-state index in [1.165, 1.54) is 0 Å². The molecular weight excluding hydrogens is 246 g/mol. The standard InChI is InChI=1S/C7H9NO2.C7H10O2/c1-6(2)7(9)10-5-3-4-8;1-2-3-4-5-6-7(8)9/h1,3,5H2,2H3;1H,3-6H2,(H,8,9). The van der Waals surface area contributed by atoms with E-state index in [9.17, 15) is 9.59 Å². The molecule has 0 saturated heterocycles. The second-order valence-corrected chi connectivity index (χ2v) is 3.63. The van der Waals surface area contributed by atoms with Crippen LogP contribution in [-0.4, -0.2) is 23.7 Å². The third kappa shape index (κ3) is 18.3. The SMILES string of the molecule is C#CCCCCC(=O)O.C=C(C)C(=O)OCCC#N. The van der Waals surface area contributed by atoms with Gasteiger partial charge in [0.2, 0.25) is 0 Å². The van der Waals surface area contributed by atoms with Crippen molar-refractivity contribution in [1.82, 2.24) is 0 Å². The Hall–Kier alpha value is -2.27. The lowest BCUT2D eigenvalue weighted by atomic mass is 10.2. The summed E-state index contributed by atoms with van der Waals surface area (Å²) in [5, 5.41) is 16.2. The van der Waals surface area contributed by atoms with Crippen LogP contribution in [0.25, 0.3) is 0 Å². The van der Waals surface area contributed by atoms with Gasteiger partial charge in [-0.2, -0.15) is 5.26 Å². The summed E-state index contributed by atoms with van der Waals surface area (Å²) in [6.45, 7) is 5.10. The second kappa shape index (κ2) is 13.8. The number of aliphatic carboxylic acids is 1. The molecule has 0 heterocycles. The molecule has 0 aromatic carbocycles. The van der Waals surface area contributed by atoms with Crippen LogP contribution in [0.5, 0.6) is 0 Å². The van der Waals surface area contributed by atoms with Gasteiger partial charge in [-0.05, 0) is 19.8 Å². The van der Waals surface area contributed by atoms with Crippen LogP contribution in [0.1, 0.15) is 39.0 Å². The maximum atomic E-state index is 10.6. The minimum Gasteiger partial charge on any atom is -0.481 e. The van der Waals surface area contributed by atoms with E-state index >= 15 is 0 Å². The molecule has 0 amide bonds. The van der Waals surface area contributed by atoms with E-state index in [1.54, 1.807) is 6.92 Å². The van der Waals surface area contributed by atoms with Crippen LogP contribution in [0.15, 0.2) is 12.2 Å². The molecule has 0 atom stereocenters. The summed E-state index contributed by atoms with van der Waals surface area (Å²) in [6, 6.07) is 1.86. The number of carboxylic acids is 1. The number of hydrogen-bond acceptors (Lipinski definition) is 4. The summed E-state index contributed by atoms with van der Waals surface area (Å²) < 4.78 is 4.58. The molecule has 0 rings (SSSR count). The van der Waals surface area contributed by atoms with Gasteiger partial charge in [0.1, 0.15) is 6.61 Å². The van der Waals surface area contributed by atoms with Crippen LogP contribution in [0.3, 0.4) is 0 Å². The number of nitriles is 1. The Morgan fingerprint density at radius 3 is 2.42 bits per heavy atom.